The number of ketones is 2. The monoisotopic (exact) mass is 204 g/mol. The molecule has 0 aliphatic heterocycles. The highest BCUT2D eigenvalue weighted by molar-refractivity contribution is 6.04. The summed E-state index contributed by atoms with van der Waals surface area (Å²) >= 11 is 0. The highest BCUT2D eigenvalue weighted by Crippen LogP contribution is 2.11. The van der Waals surface area contributed by atoms with Crippen molar-refractivity contribution in [3.8, 4) is 0 Å². The Labute approximate surface area is 88.0 Å². The summed E-state index contributed by atoms with van der Waals surface area (Å²) < 4.78 is 0. The standard InChI is InChI=1S/C11H12N2O2/c1-8(14)11(9(2)15)13-12-10-6-4-3-5-7-10/h3-7,11H,1-2H3/b13-12+. The van der Waals surface area contributed by atoms with Crippen molar-refractivity contribution in [2.45, 2.75) is 19.9 Å². The van der Waals surface area contributed by atoms with Crippen LogP contribution in [0.4, 0.5) is 5.69 Å². The molecule has 78 valence electrons. The van der Waals surface area contributed by atoms with E-state index in [-0.39, 0.29) is 11.6 Å². The fourth-order valence-corrected chi connectivity index (χ4v) is 1.07. The maximum Gasteiger partial charge on any atom is 0.187 e. The Morgan fingerprint density at radius 3 is 2.07 bits per heavy atom. The first-order chi connectivity index (χ1) is 7.11. The van der Waals surface area contributed by atoms with E-state index in [2.05, 4.69) is 10.2 Å². The lowest BCUT2D eigenvalue weighted by Gasteiger charge is -2.01. The van der Waals surface area contributed by atoms with Gasteiger partial charge in [0, 0.05) is 0 Å². The Morgan fingerprint density at radius 1 is 1.07 bits per heavy atom. The van der Waals surface area contributed by atoms with E-state index in [9.17, 15) is 9.59 Å². The predicted octanol–water partition coefficient (Wildman–Crippen LogP) is 2.32. The molecule has 0 amide bonds. The van der Waals surface area contributed by atoms with E-state index in [1.54, 1.807) is 12.1 Å². The number of Topliss-reactive ketones (excluding diaryl/α,β-unsaturated/α-hetero) is 2. The number of azo groups is 1. The normalized spacial score (nSPS) is 10.9. The number of benzene rings is 1. The number of rotatable bonds is 4. The van der Waals surface area contributed by atoms with Gasteiger partial charge in [-0.25, -0.2) is 0 Å². The van der Waals surface area contributed by atoms with Crippen LogP contribution in [0.15, 0.2) is 40.6 Å². The predicted molar refractivity (Wildman–Crippen MR) is 56.1 cm³/mol. The molecule has 0 N–H and O–H groups in total. The Balaban J connectivity index is 2.79. The number of carbonyl (C=O) groups is 2. The van der Waals surface area contributed by atoms with Gasteiger partial charge in [-0.05, 0) is 26.0 Å². The first-order valence-electron chi connectivity index (χ1n) is 4.58. The van der Waals surface area contributed by atoms with E-state index < -0.39 is 6.04 Å². The molecule has 0 aliphatic carbocycles. The minimum Gasteiger partial charge on any atom is -0.297 e. The molecule has 0 aromatic heterocycles. The Kier molecular flexibility index (Phi) is 3.85. The topological polar surface area (TPSA) is 58.9 Å². The van der Waals surface area contributed by atoms with Crippen molar-refractivity contribution in [2.75, 3.05) is 0 Å². The summed E-state index contributed by atoms with van der Waals surface area (Å²) in [5, 5.41) is 7.55. The average Bonchev–Trinajstić information content (AvgIpc) is 2.18. The SMILES string of the molecule is CC(=O)C(/N=N/c1ccccc1)C(C)=O. The number of carbonyl (C=O) groups excluding carboxylic acids is 2. The fourth-order valence-electron chi connectivity index (χ4n) is 1.07. The zero-order valence-electron chi connectivity index (χ0n) is 8.68. The first kappa shape index (κ1) is 11.2. The second-order valence-electron chi connectivity index (χ2n) is 3.17. The van der Waals surface area contributed by atoms with Gasteiger partial charge in [0.1, 0.15) is 0 Å². The first-order valence-corrected chi connectivity index (χ1v) is 4.58. The third kappa shape index (κ3) is 3.42. The van der Waals surface area contributed by atoms with E-state index >= 15 is 0 Å². The van der Waals surface area contributed by atoms with Crippen LogP contribution in [0.2, 0.25) is 0 Å². The molecule has 4 nitrogen and oxygen atoms in total. The van der Waals surface area contributed by atoms with Gasteiger partial charge in [-0.3, -0.25) is 9.59 Å². The number of nitrogens with zero attached hydrogens (tertiary/aromatic N) is 2. The summed E-state index contributed by atoms with van der Waals surface area (Å²) in [5.74, 6) is -0.579. The molecule has 1 aromatic carbocycles. The van der Waals surface area contributed by atoms with Crippen LogP contribution in [0.25, 0.3) is 0 Å². The molecule has 0 saturated heterocycles. The largest absolute Gasteiger partial charge is 0.297 e. The third-order valence-corrected chi connectivity index (χ3v) is 1.82. The van der Waals surface area contributed by atoms with E-state index in [1.165, 1.54) is 13.8 Å². The van der Waals surface area contributed by atoms with Crippen LogP contribution >= 0.6 is 0 Å². The van der Waals surface area contributed by atoms with Crippen LogP contribution in [0.3, 0.4) is 0 Å². The minimum absolute atomic E-state index is 0.290. The van der Waals surface area contributed by atoms with Gasteiger partial charge >= 0.3 is 0 Å². The van der Waals surface area contributed by atoms with Crippen molar-refractivity contribution < 1.29 is 9.59 Å². The molecule has 0 spiro atoms. The third-order valence-electron chi connectivity index (χ3n) is 1.82. The molecule has 0 heterocycles. The molecule has 4 heteroatoms. The van der Waals surface area contributed by atoms with Gasteiger partial charge in [0.15, 0.2) is 17.6 Å². The fraction of sp³-hybridized carbons (Fsp3) is 0.273. The smallest absolute Gasteiger partial charge is 0.187 e. The van der Waals surface area contributed by atoms with Crippen molar-refractivity contribution in [1.29, 1.82) is 0 Å². The summed E-state index contributed by atoms with van der Waals surface area (Å²) in [6.45, 7) is 2.66. The molecule has 1 aromatic rings. The maximum atomic E-state index is 11.0. The van der Waals surface area contributed by atoms with Crippen molar-refractivity contribution in [3.63, 3.8) is 0 Å². The lowest BCUT2D eigenvalue weighted by atomic mass is 10.1. The Morgan fingerprint density at radius 2 is 1.60 bits per heavy atom. The summed E-state index contributed by atoms with van der Waals surface area (Å²) in [6, 6.07) is 8.01. The Hall–Kier alpha value is -1.84. The minimum atomic E-state index is -0.967. The number of hydrogen-bond acceptors (Lipinski definition) is 4. The average molecular weight is 204 g/mol. The molecule has 1 rings (SSSR count). The highest BCUT2D eigenvalue weighted by atomic mass is 16.2. The van der Waals surface area contributed by atoms with Crippen LogP contribution in [0.5, 0.6) is 0 Å². The van der Waals surface area contributed by atoms with Gasteiger partial charge in [-0.15, -0.1) is 0 Å². The maximum absolute atomic E-state index is 11.0. The van der Waals surface area contributed by atoms with Crippen LogP contribution in [-0.2, 0) is 9.59 Å². The molecule has 15 heavy (non-hydrogen) atoms. The molecule has 0 aliphatic rings. The molecule has 0 radical (unpaired) electrons. The zero-order valence-corrected chi connectivity index (χ0v) is 8.68. The summed E-state index contributed by atoms with van der Waals surface area (Å²) in [7, 11) is 0. The van der Waals surface area contributed by atoms with Gasteiger partial charge < -0.3 is 0 Å². The zero-order chi connectivity index (χ0) is 11.3. The van der Waals surface area contributed by atoms with Gasteiger partial charge in [-0.2, -0.15) is 10.2 Å². The highest BCUT2D eigenvalue weighted by Gasteiger charge is 2.17. The summed E-state index contributed by atoms with van der Waals surface area (Å²) in [4.78, 5) is 22.1. The molecule has 0 fully saturated rings. The summed E-state index contributed by atoms with van der Waals surface area (Å²) in [6.07, 6.45) is 0. The molecular formula is C11H12N2O2. The number of hydrogen-bond donors (Lipinski definition) is 0. The van der Waals surface area contributed by atoms with Crippen molar-refractivity contribution in [3.05, 3.63) is 30.3 Å². The van der Waals surface area contributed by atoms with Crippen LogP contribution in [0.1, 0.15) is 13.8 Å². The second kappa shape index (κ2) is 5.14. The van der Waals surface area contributed by atoms with Crippen LogP contribution in [0, 0.1) is 0 Å². The van der Waals surface area contributed by atoms with Gasteiger partial charge in [-0.1, -0.05) is 18.2 Å². The second-order valence-corrected chi connectivity index (χ2v) is 3.17. The van der Waals surface area contributed by atoms with E-state index in [1.807, 2.05) is 18.2 Å². The lowest BCUT2D eigenvalue weighted by molar-refractivity contribution is -0.126. The molecule has 0 bridgehead atoms. The van der Waals surface area contributed by atoms with Gasteiger partial charge in [0.25, 0.3) is 0 Å². The van der Waals surface area contributed by atoms with Crippen LogP contribution in [-0.4, -0.2) is 17.6 Å². The van der Waals surface area contributed by atoms with E-state index in [0.29, 0.717) is 5.69 Å². The van der Waals surface area contributed by atoms with Gasteiger partial charge in [0.2, 0.25) is 0 Å². The lowest BCUT2D eigenvalue weighted by Crippen LogP contribution is -2.23. The van der Waals surface area contributed by atoms with E-state index in [4.69, 9.17) is 0 Å². The van der Waals surface area contributed by atoms with Crippen molar-refractivity contribution in [2.24, 2.45) is 10.2 Å². The van der Waals surface area contributed by atoms with E-state index in [0.717, 1.165) is 0 Å². The molecule has 0 unspecified atom stereocenters. The molecule has 0 saturated carbocycles. The molecule has 0 atom stereocenters. The van der Waals surface area contributed by atoms with Crippen molar-refractivity contribution >= 4 is 17.3 Å². The van der Waals surface area contributed by atoms with Crippen LogP contribution < -0.4 is 0 Å². The summed E-state index contributed by atoms with van der Waals surface area (Å²) in [5.41, 5.74) is 0.630. The Bertz CT molecular complexity index is 371. The molecular weight excluding hydrogens is 192 g/mol. The van der Waals surface area contributed by atoms with Gasteiger partial charge in [0.05, 0.1) is 5.69 Å². The quantitative estimate of drug-likeness (QED) is 0.558. The van der Waals surface area contributed by atoms with Crippen molar-refractivity contribution in [1.82, 2.24) is 0 Å².